The first kappa shape index (κ1) is 14.6. The Bertz CT molecular complexity index is 744. The summed E-state index contributed by atoms with van der Waals surface area (Å²) in [5.41, 5.74) is 1.15. The quantitative estimate of drug-likeness (QED) is 0.835. The van der Waals surface area contributed by atoms with E-state index < -0.39 is 28.9 Å². The highest BCUT2D eigenvalue weighted by Crippen LogP contribution is 2.24. The van der Waals surface area contributed by atoms with E-state index in [1.807, 2.05) is 7.05 Å². The van der Waals surface area contributed by atoms with E-state index in [4.69, 9.17) is 0 Å². The Hall–Kier alpha value is -2.35. The highest BCUT2D eigenvalue weighted by Gasteiger charge is 2.23. The van der Waals surface area contributed by atoms with Gasteiger partial charge in [0.1, 0.15) is 0 Å². The molecule has 0 radical (unpaired) electrons. The largest absolute Gasteiger partial charge is 0.305 e. The van der Waals surface area contributed by atoms with Crippen molar-refractivity contribution in [2.45, 2.75) is 13.0 Å². The number of carbonyl (C=O) groups excluding carboxylic acids is 1. The van der Waals surface area contributed by atoms with Gasteiger partial charge in [0.05, 0.1) is 11.3 Å². The molecule has 1 aliphatic rings. The topological polar surface area (TPSA) is 61.0 Å². The minimum absolute atomic E-state index is 0.289. The summed E-state index contributed by atoms with van der Waals surface area (Å²) in [6, 6.07) is 1.61. The molecule has 116 valence electrons. The van der Waals surface area contributed by atoms with E-state index in [0.29, 0.717) is 19.0 Å². The minimum Gasteiger partial charge on any atom is -0.305 e. The number of nitrogens with one attached hydrogen (secondary N) is 2. The van der Waals surface area contributed by atoms with Gasteiger partial charge in [0.15, 0.2) is 23.3 Å². The number of fused-ring (bicyclic) bond motifs is 1. The van der Waals surface area contributed by atoms with Gasteiger partial charge >= 0.3 is 0 Å². The van der Waals surface area contributed by atoms with Crippen molar-refractivity contribution in [2.24, 2.45) is 0 Å². The van der Waals surface area contributed by atoms with Crippen LogP contribution in [0.25, 0.3) is 0 Å². The maximum atomic E-state index is 13.6. The molecule has 2 aromatic rings. The Morgan fingerprint density at radius 1 is 1.32 bits per heavy atom. The second kappa shape index (κ2) is 5.45. The molecule has 2 N–H and O–H groups in total. The fourth-order valence-electron chi connectivity index (χ4n) is 2.43. The van der Waals surface area contributed by atoms with Crippen LogP contribution in [0.2, 0.25) is 0 Å². The van der Waals surface area contributed by atoms with Crippen LogP contribution in [-0.2, 0) is 13.0 Å². The van der Waals surface area contributed by atoms with Crippen molar-refractivity contribution in [3.8, 4) is 0 Å². The molecule has 2 heterocycles. The molecule has 0 fully saturated rings. The number of amides is 1. The molecular formula is C14H13F3N4O. The van der Waals surface area contributed by atoms with Gasteiger partial charge in [-0.05, 0) is 25.6 Å². The van der Waals surface area contributed by atoms with Gasteiger partial charge in [-0.15, -0.1) is 0 Å². The lowest BCUT2D eigenvalue weighted by atomic mass is 10.1. The predicted molar refractivity (Wildman–Crippen MR) is 72.9 cm³/mol. The molecule has 1 aliphatic heterocycles. The van der Waals surface area contributed by atoms with E-state index in [1.165, 1.54) is 0 Å². The zero-order valence-electron chi connectivity index (χ0n) is 11.7. The molecular weight excluding hydrogens is 297 g/mol. The fraction of sp³-hybridized carbons (Fsp3) is 0.286. The van der Waals surface area contributed by atoms with Crippen LogP contribution in [-0.4, -0.2) is 34.6 Å². The van der Waals surface area contributed by atoms with E-state index in [-0.39, 0.29) is 5.82 Å². The summed E-state index contributed by atoms with van der Waals surface area (Å²) in [6.07, 6.45) is 0.679. The molecule has 0 unspecified atom stereocenters. The number of likely N-dealkylation sites (N-methyl/N-ethyl adjacent to an activating group) is 1. The zero-order valence-corrected chi connectivity index (χ0v) is 11.7. The number of hydrogen-bond donors (Lipinski definition) is 2. The molecule has 5 nitrogen and oxygen atoms in total. The van der Waals surface area contributed by atoms with Crippen molar-refractivity contribution < 1.29 is 18.0 Å². The molecule has 0 bridgehead atoms. The molecule has 0 saturated carbocycles. The van der Waals surface area contributed by atoms with Crippen molar-refractivity contribution in [1.29, 1.82) is 0 Å². The number of aromatic amines is 1. The minimum atomic E-state index is -1.67. The van der Waals surface area contributed by atoms with Crippen LogP contribution in [0.15, 0.2) is 12.1 Å². The molecule has 1 aromatic carbocycles. The average Bonchev–Trinajstić information content (AvgIpc) is 2.87. The summed E-state index contributed by atoms with van der Waals surface area (Å²) < 4.78 is 39.7. The smallest absolute Gasteiger partial charge is 0.259 e. The molecule has 0 spiro atoms. The van der Waals surface area contributed by atoms with Crippen LogP contribution < -0.4 is 5.32 Å². The molecule has 0 atom stereocenters. The Balaban J connectivity index is 1.85. The maximum absolute atomic E-state index is 13.6. The lowest BCUT2D eigenvalue weighted by Crippen LogP contribution is -2.26. The number of nitrogens with zero attached hydrogens (tertiary/aromatic N) is 2. The van der Waals surface area contributed by atoms with E-state index in [2.05, 4.69) is 20.4 Å². The van der Waals surface area contributed by atoms with Gasteiger partial charge in [0.2, 0.25) is 0 Å². The molecule has 0 saturated heterocycles. The Morgan fingerprint density at radius 3 is 2.86 bits per heavy atom. The fourth-order valence-corrected chi connectivity index (χ4v) is 2.43. The summed E-state index contributed by atoms with van der Waals surface area (Å²) in [5.74, 6) is -5.10. The van der Waals surface area contributed by atoms with Crippen LogP contribution in [0.3, 0.4) is 0 Å². The normalized spacial score (nSPS) is 14.7. The van der Waals surface area contributed by atoms with E-state index >= 15 is 0 Å². The van der Waals surface area contributed by atoms with Crippen LogP contribution in [0.1, 0.15) is 21.6 Å². The molecule has 22 heavy (non-hydrogen) atoms. The Kier molecular flexibility index (Phi) is 3.61. The van der Waals surface area contributed by atoms with Gasteiger partial charge in [0.25, 0.3) is 5.91 Å². The molecule has 1 amide bonds. The van der Waals surface area contributed by atoms with Gasteiger partial charge < -0.3 is 10.2 Å². The number of aromatic nitrogens is 2. The van der Waals surface area contributed by atoms with E-state index in [1.54, 1.807) is 0 Å². The lowest BCUT2D eigenvalue weighted by Gasteiger charge is -2.21. The van der Waals surface area contributed by atoms with Crippen LogP contribution in [0, 0.1) is 17.5 Å². The van der Waals surface area contributed by atoms with Crippen molar-refractivity contribution >= 4 is 11.7 Å². The van der Waals surface area contributed by atoms with Gasteiger partial charge in [-0.3, -0.25) is 9.89 Å². The monoisotopic (exact) mass is 310 g/mol. The third-order valence-electron chi connectivity index (χ3n) is 3.64. The summed E-state index contributed by atoms with van der Waals surface area (Å²) in [6.45, 7) is 1.46. The summed E-state index contributed by atoms with van der Waals surface area (Å²) in [5, 5.41) is 9.25. The van der Waals surface area contributed by atoms with Gasteiger partial charge in [0, 0.05) is 18.7 Å². The summed E-state index contributed by atoms with van der Waals surface area (Å²) in [7, 11) is 1.96. The van der Waals surface area contributed by atoms with Crippen molar-refractivity contribution in [1.82, 2.24) is 15.1 Å². The standard InChI is InChI=1S/C14H13F3N4O/c1-21-5-4-7-10(6-21)19-20-13(7)18-14(22)8-2-3-9(15)12(17)11(8)16/h2-3H,4-6H2,1H3,(H2,18,19,20,22). The number of anilines is 1. The molecule has 0 aliphatic carbocycles. The predicted octanol–water partition coefficient (Wildman–Crippen LogP) is 2.07. The lowest BCUT2D eigenvalue weighted by molar-refractivity contribution is 0.102. The SMILES string of the molecule is CN1CCc2c(NC(=O)c3ccc(F)c(F)c3F)n[nH]c2C1. The van der Waals surface area contributed by atoms with Crippen molar-refractivity contribution in [3.05, 3.63) is 46.4 Å². The Labute approximate surface area is 124 Å². The number of benzene rings is 1. The van der Waals surface area contributed by atoms with E-state index in [9.17, 15) is 18.0 Å². The summed E-state index contributed by atoms with van der Waals surface area (Å²) >= 11 is 0. The number of carbonyl (C=O) groups is 1. The first-order chi connectivity index (χ1) is 10.5. The first-order valence-corrected chi connectivity index (χ1v) is 6.67. The molecule has 1 aromatic heterocycles. The number of halogens is 3. The number of hydrogen-bond acceptors (Lipinski definition) is 3. The molecule has 3 rings (SSSR count). The highest BCUT2D eigenvalue weighted by atomic mass is 19.2. The summed E-state index contributed by atoms with van der Waals surface area (Å²) in [4.78, 5) is 14.1. The second-order valence-corrected chi connectivity index (χ2v) is 5.19. The van der Waals surface area contributed by atoms with Crippen LogP contribution >= 0.6 is 0 Å². The van der Waals surface area contributed by atoms with Crippen LogP contribution in [0.5, 0.6) is 0 Å². The maximum Gasteiger partial charge on any atom is 0.259 e. The van der Waals surface area contributed by atoms with Gasteiger partial charge in [-0.25, -0.2) is 13.2 Å². The number of rotatable bonds is 2. The van der Waals surface area contributed by atoms with Crippen molar-refractivity contribution in [3.63, 3.8) is 0 Å². The van der Waals surface area contributed by atoms with Gasteiger partial charge in [-0.2, -0.15) is 5.10 Å². The first-order valence-electron chi connectivity index (χ1n) is 6.67. The second-order valence-electron chi connectivity index (χ2n) is 5.19. The van der Waals surface area contributed by atoms with Gasteiger partial charge in [-0.1, -0.05) is 0 Å². The third-order valence-corrected chi connectivity index (χ3v) is 3.64. The molecule has 8 heteroatoms. The number of H-pyrrole nitrogens is 1. The van der Waals surface area contributed by atoms with Crippen LogP contribution in [0.4, 0.5) is 19.0 Å². The third kappa shape index (κ3) is 2.45. The Morgan fingerprint density at radius 2 is 2.09 bits per heavy atom. The zero-order chi connectivity index (χ0) is 15.9. The highest BCUT2D eigenvalue weighted by molar-refractivity contribution is 6.04. The van der Waals surface area contributed by atoms with Crippen molar-refractivity contribution in [2.75, 3.05) is 18.9 Å². The average molecular weight is 310 g/mol. The van der Waals surface area contributed by atoms with E-state index in [0.717, 1.165) is 23.9 Å².